The Balaban J connectivity index is 1.37. The molecule has 0 saturated heterocycles. The molecule has 0 saturated carbocycles. The number of anilines is 1. The van der Waals surface area contributed by atoms with Crippen molar-refractivity contribution < 1.29 is 43.3 Å². The zero-order valence-corrected chi connectivity index (χ0v) is 29.8. The minimum Gasteiger partial charge on any atom is -0.480 e. The zero-order valence-electron chi connectivity index (χ0n) is 29.8. The molecule has 4 N–H and O–H groups in total. The molecule has 4 amide bonds. The Morgan fingerprint density at radius 3 is 2.11 bits per heavy atom. The summed E-state index contributed by atoms with van der Waals surface area (Å²) in [5.41, 5.74) is 1.24. The van der Waals surface area contributed by atoms with Crippen LogP contribution in [-0.4, -0.2) is 91.0 Å². The summed E-state index contributed by atoms with van der Waals surface area (Å²) in [5.74, 6) is -1.80. The van der Waals surface area contributed by atoms with Crippen LogP contribution in [0.5, 0.6) is 0 Å². The molecule has 17 heteroatoms. The van der Waals surface area contributed by atoms with Gasteiger partial charge in [-0.25, -0.2) is 29.3 Å². The van der Waals surface area contributed by atoms with Crippen LogP contribution in [0.3, 0.4) is 0 Å². The summed E-state index contributed by atoms with van der Waals surface area (Å²) in [4.78, 5) is 76.5. The zero-order chi connectivity index (χ0) is 38.2. The van der Waals surface area contributed by atoms with Gasteiger partial charge in [-0.15, -0.1) is 0 Å². The van der Waals surface area contributed by atoms with E-state index in [4.69, 9.17) is 14.2 Å². The van der Waals surface area contributed by atoms with Crippen molar-refractivity contribution in [2.75, 3.05) is 25.0 Å². The van der Waals surface area contributed by atoms with Gasteiger partial charge in [-0.1, -0.05) is 60.7 Å². The molecule has 0 aliphatic carbocycles. The highest BCUT2D eigenvalue weighted by molar-refractivity contribution is 5.93. The molecule has 282 valence electrons. The number of carboxylic acids is 1. The van der Waals surface area contributed by atoms with E-state index in [2.05, 4.69) is 30.9 Å². The van der Waals surface area contributed by atoms with E-state index in [1.807, 2.05) is 60.7 Å². The topological polar surface area (TPSA) is 216 Å². The number of alkyl carbamates (subject to hydrolysis) is 2. The molecule has 1 atom stereocenters. The van der Waals surface area contributed by atoms with E-state index in [9.17, 15) is 29.1 Å². The monoisotopic (exact) mass is 732 g/mol. The maximum atomic E-state index is 13.6. The summed E-state index contributed by atoms with van der Waals surface area (Å²) in [6.45, 7) is 4.42. The van der Waals surface area contributed by atoms with Gasteiger partial charge in [-0.2, -0.15) is 0 Å². The van der Waals surface area contributed by atoms with Crippen molar-refractivity contribution in [1.29, 1.82) is 0 Å². The van der Waals surface area contributed by atoms with Crippen LogP contribution in [0.1, 0.15) is 51.2 Å². The van der Waals surface area contributed by atoms with Gasteiger partial charge in [0.25, 0.3) is 0 Å². The molecule has 0 bridgehead atoms. The van der Waals surface area contributed by atoms with Crippen LogP contribution in [0.25, 0.3) is 11.2 Å². The van der Waals surface area contributed by atoms with Crippen molar-refractivity contribution in [2.45, 2.75) is 71.4 Å². The molecule has 0 fully saturated rings. The molecule has 1 unspecified atom stereocenters. The second-order valence-electron chi connectivity index (χ2n) is 12.9. The van der Waals surface area contributed by atoms with Crippen LogP contribution in [0, 0.1) is 0 Å². The lowest BCUT2D eigenvalue weighted by Crippen LogP contribution is -2.49. The highest BCUT2D eigenvalue weighted by atomic mass is 16.6. The average molecular weight is 733 g/mol. The predicted octanol–water partition coefficient (Wildman–Crippen LogP) is 4.48. The van der Waals surface area contributed by atoms with Gasteiger partial charge < -0.3 is 39.4 Å². The molecule has 2 heterocycles. The van der Waals surface area contributed by atoms with Crippen LogP contribution in [0.15, 0.2) is 73.3 Å². The third kappa shape index (κ3) is 13.8. The standard InChI is InChI=1S/C36H44N8O9/c1-36(2,3)53-35(50)41-27(16-10-11-17-37-33(48)51-21-25-12-6-4-7-13-25)18-43(20-29(46)47)28(45)19-44-24-40-30-31(38-23-39-32(30)44)42-34(49)52-22-26-14-8-5-9-15-26/h4-9,12-15,23-24,27H,10-11,16-22H2,1-3H3,(H,37,48)(H,41,50)(H,46,47)(H,38,39,42,49). The molecule has 2 aromatic carbocycles. The smallest absolute Gasteiger partial charge is 0.413 e. The van der Waals surface area contributed by atoms with Crippen molar-refractivity contribution in [3.8, 4) is 0 Å². The van der Waals surface area contributed by atoms with E-state index >= 15 is 0 Å². The van der Waals surface area contributed by atoms with Gasteiger partial charge in [0.15, 0.2) is 17.0 Å². The van der Waals surface area contributed by atoms with Crippen LogP contribution in [-0.2, 0) is 43.6 Å². The highest BCUT2D eigenvalue weighted by Gasteiger charge is 2.26. The molecule has 0 aliphatic heterocycles. The Bertz CT molecular complexity index is 1830. The lowest BCUT2D eigenvalue weighted by Gasteiger charge is -2.28. The van der Waals surface area contributed by atoms with Crippen LogP contribution in [0.2, 0.25) is 0 Å². The Labute approximate surface area is 306 Å². The van der Waals surface area contributed by atoms with Gasteiger partial charge >= 0.3 is 24.2 Å². The largest absolute Gasteiger partial charge is 0.480 e. The third-order valence-electron chi connectivity index (χ3n) is 7.44. The van der Waals surface area contributed by atoms with E-state index in [0.717, 1.165) is 16.0 Å². The first kappa shape index (κ1) is 39.5. The van der Waals surface area contributed by atoms with Gasteiger partial charge in [0.1, 0.15) is 38.2 Å². The normalized spacial score (nSPS) is 11.6. The maximum absolute atomic E-state index is 13.6. The predicted molar refractivity (Wildman–Crippen MR) is 191 cm³/mol. The first-order chi connectivity index (χ1) is 25.4. The fraction of sp³-hybridized carbons (Fsp3) is 0.389. The number of unbranched alkanes of at least 4 members (excludes halogenated alkanes) is 1. The minimum absolute atomic E-state index is 0.0355. The van der Waals surface area contributed by atoms with Crippen LogP contribution >= 0.6 is 0 Å². The number of rotatable bonds is 17. The molecule has 4 aromatic rings. The van der Waals surface area contributed by atoms with Gasteiger partial charge in [0.2, 0.25) is 5.91 Å². The SMILES string of the molecule is CC(C)(C)OC(=O)NC(CCCCNC(=O)OCc1ccccc1)CN(CC(=O)O)C(=O)Cn1cnc2c(NC(=O)OCc3ccccc3)ncnc21. The van der Waals surface area contributed by atoms with Crippen molar-refractivity contribution in [2.24, 2.45) is 0 Å². The number of nitrogens with zero attached hydrogens (tertiary/aromatic N) is 5. The summed E-state index contributed by atoms with van der Waals surface area (Å²) >= 11 is 0. The number of amides is 4. The van der Waals surface area contributed by atoms with Gasteiger partial charge in [-0.3, -0.25) is 14.9 Å². The summed E-state index contributed by atoms with van der Waals surface area (Å²) in [5, 5.41) is 17.7. The molecule has 53 heavy (non-hydrogen) atoms. The second kappa shape index (κ2) is 19.4. The summed E-state index contributed by atoms with van der Waals surface area (Å²) in [6.07, 6.45) is 1.79. The fourth-order valence-corrected chi connectivity index (χ4v) is 5.04. The Morgan fingerprint density at radius 2 is 1.49 bits per heavy atom. The molecule has 0 aliphatic rings. The number of carboxylic acid groups (broad SMARTS) is 1. The molecular weight excluding hydrogens is 688 g/mol. The third-order valence-corrected chi connectivity index (χ3v) is 7.44. The second-order valence-corrected chi connectivity index (χ2v) is 12.9. The van der Waals surface area contributed by atoms with Crippen molar-refractivity contribution in [1.82, 2.24) is 35.1 Å². The van der Waals surface area contributed by atoms with Crippen LogP contribution in [0.4, 0.5) is 20.2 Å². The lowest BCUT2D eigenvalue weighted by atomic mass is 10.1. The van der Waals surface area contributed by atoms with Gasteiger partial charge in [0.05, 0.1) is 6.33 Å². The number of hydrogen-bond acceptors (Lipinski definition) is 11. The van der Waals surface area contributed by atoms with Crippen molar-refractivity contribution in [3.63, 3.8) is 0 Å². The van der Waals surface area contributed by atoms with Crippen molar-refractivity contribution in [3.05, 3.63) is 84.4 Å². The van der Waals surface area contributed by atoms with Crippen LogP contribution < -0.4 is 16.0 Å². The van der Waals surface area contributed by atoms with E-state index in [1.54, 1.807) is 20.8 Å². The van der Waals surface area contributed by atoms with E-state index < -0.39 is 48.3 Å². The Hall–Kier alpha value is -6.26. The Morgan fingerprint density at radius 1 is 0.849 bits per heavy atom. The number of imidazole rings is 1. The molecule has 0 spiro atoms. The van der Waals surface area contributed by atoms with Gasteiger partial charge in [-0.05, 0) is 51.2 Å². The average Bonchev–Trinajstić information content (AvgIpc) is 3.52. The summed E-state index contributed by atoms with van der Waals surface area (Å²) in [6, 6.07) is 17.7. The van der Waals surface area contributed by atoms with Crippen molar-refractivity contribution >= 4 is 47.1 Å². The molecule has 17 nitrogen and oxygen atoms in total. The maximum Gasteiger partial charge on any atom is 0.413 e. The summed E-state index contributed by atoms with van der Waals surface area (Å²) < 4.78 is 17.3. The lowest BCUT2D eigenvalue weighted by molar-refractivity contribution is -0.145. The number of aliphatic carboxylic acids is 1. The molecule has 0 radical (unpaired) electrons. The number of hydrogen-bond donors (Lipinski definition) is 4. The quantitative estimate of drug-likeness (QED) is 0.0873. The first-order valence-electron chi connectivity index (χ1n) is 16.9. The fourth-order valence-electron chi connectivity index (χ4n) is 5.04. The van der Waals surface area contributed by atoms with E-state index in [-0.39, 0.29) is 43.3 Å². The molecular formula is C36H44N8O9. The number of aromatic nitrogens is 4. The number of nitrogens with one attached hydrogen (secondary N) is 3. The number of ether oxygens (including phenoxy) is 3. The molecule has 4 rings (SSSR count). The van der Waals surface area contributed by atoms with Gasteiger partial charge in [0, 0.05) is 19.1 Å². The Kier molecular flexibility index (Phi) is 14.4. The van der Waals surface area contributed by atoms with E-state index in [0.29, 0.717) is 25.8 Å². The minimum atomic E-state index is -1.26. The number of carbonyl (C=O) groups is 5. The van der Waals surface area contributed by atoms with E-state index in [1.165, 1.54) is 17.2 Å². The highest BCUT2D eigenvalue weighted by Crippen LogP contribution is 2.18. The number of fused-ring (bicyclic) bond motifs is 1. The first-order valence-corrected chi connectivity index (χ1v) is 16.9. The summed E-state index contributed by atoms with van der Waals surface area (Å²) in [7, 11) is 0. The molecule has 2 aromatic heterocycles. The number of benzene rings is 2. The number of carbonyl (C=O) groups excluding carboxylic acids is 4.